The zero-order valence-electron chi connectivity index (χ0n) is 10.3. The molecule has 0 saturated heterocycles. The minimum absolute atomic E-state index is 0.0647. The van der Waals surface area contributed by atoms with E-state index in [4.69, 9.17) is 11.6 Å². The van der Waals surface area contributed by atoms with E-state index in [9.17, 15) is 10.1 Å². The first-order chi connectivity index (χ1) is 7.97. The fourth-order valence-corrected chi connectivity index (χ4v) is 1.06. The lowest BCUT2D eigenvalue weighted by atomic mass is 10.3. The van der Waals surface area contributed by atoms with Crippen molar-refractivity contribution < 1.29 is 4.92 Å². The fraction of sp³-hybridized carbons (Fsp3) is 0.455. The van der Waals surface area contributed by atoms with Crippen LogP contribution in [0.2, 0.25) is 0 Å². The number of nitrogens with zero attached hydrogens (tertiary/aromatic N) is 2. The Morgan fingerprint density at radius 2 is 2.18 bits per heavy atom. The van der Waals surface area contributed by atoms with Crippen LogP contribution in [0, 0.1) is 10.1 Å². The molecule has 4 N–H and O–H groups in total. The number of hydrogen-bond acceptors (Lipinski definition) is 5. The molecule has 6 nitrogen and oxygen atoms in total. The molecule has 0 aromatic rings. The van der Waals surface area contributed by atoms with Crippen molar-refractivity contribution in [1.29, 1.82) is 0 Å². The zero-order valence-corrected chi connectivity index (χ0v) is 10.3. The van der Waals surface area contributed by atoms with Crippen molar-refractivity contribution in [3.63, 3.8) is 0 Å². The van der Waals surface area contributed by atoms with Crippen LogP contribution in [0.15, 0.2) is 35.8 Å². The Balaban J connectivity index is 4.49. The Kier molecular flexibility index (Phi) is 7.45. The summed E-state index contributed by atoms with van der Waals surface area (Å²) in [6.45, 7) is 4.38. The molecule has 0 spiro atoms. The lowest BCUT2D eigenvalue weighted by Crippen LogP contribution is -2.25. The average molecular weight is 240 g/mol. The van der Waals surface area contributed by atoms with Crippen LogP contribution in [0.3, 0.4) is 0 Å². The van der Waals surface area contributed by atoms with Crippen molar-refractivity contribution in [3.05, 3.63) is 45.9 Å². The number of nitrogens with two attached hydrogens (primary N) is 2. The number of allylic oxidation sites excluding steroid dienone is 4. The van der Waals surface area contributed by atoms with Gasteiger partial charge in [-0.05, 0) is 19.4 Å². The first-order valence-corrected chi connectivity index (χ1v) is 5.45. The number of unbranched alkanes of at least 4 members (excludes halogenated alkanes) is 1. The Labute approximate surface area is 101 Å². The van der Waals surface area contributed by atoms with Gasteiger partial charge in [-0.25, -0.2) is 5.84 Å². The third-order valence-corrected chi connectivity index (χ3v) is 1.90. The van der Waals surface area contributed by atoms with E-state index in [0.29, 0.717) is 5.70 Å². The highest BCUT2D eigenvalue weighted by Crippen LogP contribution is 2.01. The van der Waals surface area contributed by atoms with Crippen molar-refractivity contribution in [1.82, 2.24) is 5.01 Å². The van der Waals surface area contributed by atoms with E-state index in [1.165, 1.54) is 23.2 Å². The molecule has 96 valence electrons. The summed E-state index contributed by atoms with van der Waals surface area (Å²) in [5, 5.41) is 12.1. The zero-order chi connectivity index (χ0) is 13.3. The second-order valence-electron chi connectivity index (χ2n) is 3.67. The minimum Gasteiger partial charge on any atom is -0.402 e. The molecular formula is C11H20N4O2. The summed E-state index contributed by atoms with van der Waals surface area (Å²) in [5.74, 6) is 5.63. The highest BCUT2D eigenvalue weighted by atomic mass is 16.6. The molecule has 0 fully saturated rings. The summed E-state index contributed by atoms with van der Waals surface area (Å²) in [5.41, 5.74) is 5.71. The molecule has 0 heterocycles. The SMILES string of the molecule is CCCCN(N)/C=C/C=C(\C=C(/C)N)[N+](=O)[O-]. The van der Waals surface area contributed by atoms with Crippen molar-refractivity contribution >= 4 is 0 Å². The normalized spacial score (nSPS) is 13.1. The first kappa shape index (κ1) is 15.2. The molecule has 0 atom stereocenters. The molecule has 0 aliphatic carbocycles. The predicted octanol–water partition coefficient (Wildman–Crippen LogP) is 1.50. The molecule has 0 aliphatic rings. The Bertz CT molecular complexity index is 330. The Morgan fingerprint density at radius 3 is 2.65 bits per heavy atom. The maximum Gasteiger partial charge on any atom is 0.271 e. The highest BCUT2D eigenvalue weighted by molar-refractivity contribution is 5.19. The van der Waals surface area contributed by atoms with Crippen LogP contribution < -0.4 is 11.6 Å². The van der Waals surface area contributed by atoms with Gasteiger partial charge in [0.25, 0.3) is 5.70 Å². The van der Waals surface area contributed by atoms with Gasteiger partial charge in [0.05, 0.1) is 4.92 Å². The van der Waals surface area contributed by atoms with Crippen LogP contribution in [-0.4, -0.2) is 16.5 Å². The molecule has 6 heteroatoms. The Hall–Kier alpha value is -1.82. The van der Waals surface area contributed by atoms with Crippen LogP contribution in [0.25, 0.3) is 0 Å². The summed E-state index contributed by atoms with van der Waals surface area (Å²) in [6.07, 6.45) is 7.83. The van der Waals surface area contributed by atoms with E-state index < -0.39 is 4.92 Å². The lowest BCUT2D eigenvalue weighted by molar-refractivity contribution is -0.419. The molecule has 0 saturated carbocycles. The topological polar surface area (TPSA) is 98.4 Å². The van der Waals surface area contributed by atoms with Crippen LogP contribution in [0.1, 0.15) is 26.7 Å². The van der Waals surface area contributed by atoms with Crippen molar-refractivity contribution in [2.75, 3.05) is 6.54 Å². The summed E-state index contributed by atoms with van der Waals surface area (Å²) in [7, 11) is 0. The smallest absolute Gasteiger partial charge is 0.271 e. The molecule has 0 aliphatic heterocycles. The summed E-state index contributed by atoms with van der Waals surface area (Å²) >= 11 is 0. The van der Waals surface area contributed by atoms with Gasteiger partial charge in [-0.3, -0.25) is 10.1 Å². The van der Waals surface area contributed by atoms with Crippen LogP contribution in [-0.2, 0) is 0 Å². The van der Waals surface area contributed by atoms with E-state index in [2.05, 4.69) is 6.92 Å². The average Bonchev–Trinajstić information content (AvgIpc) is 2.24. The van der Waals surface area contributed by atoms with Gasteiger partial charge in [0, 0.05) is 30.6 Å². The van der Waals surface area contributed by atoms with E-state index in [-0.39, 0.29) is 5.70 Å². The predicted molar refractivity (Wildman–Crippen MR) is 68.0 cm³/mol. The standard InChI is InChI=1S/C11H20N4O2/c1-3-4-7-14(13)8-5-6-11(15(16)17)9-10(2)12/h5-6,8-9H,3-4,7,12-13H2,1-2H3/b8-5+,10-9+,11-6+. The molecule has 0 amide bonds. The molecule has 0 aromatic heterocycles. The van der Waals surface area contributed by atoms with Crippen LogP contribution in [0.4, 0.5) is 0 Å². The molecule has 0 rings (SSSR count). The van der Waals surface area contributed by atoms with Gasteiger partial charge in [0.2, 0.25) is 0 Å². The largest absolute Gasteiger partial charge is 0.402 e. The van der Waals surface area contributed by atoms with Gasteiger partial charge in [-0.2, -0.15) is 0 Å². The maximum absolute atomic E-state index is 10.6. The first-order valence-electron chi connectivity index (χ1n) is 5.45. The molecule has 0 unspecified atom stereocenters. The third-order valence-electron chi connectivity index (χ3n) is 1.90. The Morgan fingerprint density at radius 1 is 1.53 bits per heavy atom. The van der Waals surface area contributed by atoms with Gasteiger partial charge in [0.15, 0.2) is 0 Å². The molecule has 0 bridgehead atoms. The van der Waals surface area contributed by atoms with E-state index in [1.54, 1.807) is 13.1 Å². The number of rotatable bonds is 7. The minimum atomic E-state index is -0.492. The summed E-state index contributed by atoms with van der Waals surface area (Å²) < 4.78 is 0. The third kappa shape index (κ3) is 8.04. The quantitative estimate of drug-likeness (QED) is 0.304. The van der Waals surface area contributed by atoms with Gasteiger partial charge in [-0.15, -0.1) is 0 Å². The van der Waals surface area contributed by atoms with E-state index >= 15 is 0 Å². The van der Waals surface area contributed by atoms with Gasteiger partial charge in [-0.1, -0.05) is 13.3 Å². The summed E-state index contributed by atoms with van der Waals surface area (Å²) in [4.78, 5) is 10.1. The van der Waals surface area contributed by atoms with Gasteiger partial charge < -0.3 is 10.7 Å². The van der Waals surface area contributed by atoms with Crippen molar-refractivity contribution in [2.24, 2.45) is 11.6 Å². The molecule has 17 heavy (non-hydrogen) atoms. The van der Waals surface area contributed by atoms with E-state index in [0.717, 1.165) is 19.4 Å². The highest BCUT2D eigenvalue weighted by Gasteiger charge is 2.04. The second kappa shape index (κ2) is 8.35. The fourth-order valence-electron chi connectivity index (χ4n) is 1.06. The van der Waals surface area contributed by atoms with Crippen molar-refractivity contribution in [3.8, 4) is 0 Å². The lowest BCUT2D eigenvalue weighted by Gasteiger charge is -2.11. The number of nitro groups is 1. The second-order valence-corrected chi connectivity index (χ2v) is 3.67. The van der Waals surface area contributed by atoms with Crippen LogP contribution >= 0.6 is 0 Å². The monoisotopic (exact) mass is 240 g/mol. The van der Waals surface area contributed by atoms with Gasteiger partial charge >= 0.3 is 0 Å². The van der Waals surface area contributed by atoms with E-state index in [1.807, 2.05) is 0 Å². The maximum atomic E-state index is 10.6. The van der Waals surface area contributed by atoms with Crippen LogP contribution in [0.5, 0.6) is 0 Å². The molecule has 0 aromatic carbocycles. The van der Waals surface area contributed by atoms with Crippen molar-refractivity contribution in [2.45, 2.75) is 26.7 Å². The number of hydrogen-bond donors (Lipinski definition) is 2. The molecule has 0 radical (unpaired) electrons. The number of hydrazine groups is 1. The summed E-state index contributed by atoms with van der Waals surface area (Å²) in [6, 6.07) is 0. The molecular weight excluding hydrogens is 220 g/mol. The van der Waals surface area contributed by atoms with Gasteiger partial charge in [0.1, 0.15) is 0 Å².